The third-order valence-electron chi connectivity index (χ3n) is 0.809. The van der Waals surface area contributed by atoms with E-state index >= 15 is 0 Å². The second kappa shape index (κ2) is 6.94. The number of aromatic nitrogens is 1. The van der Waals surface area contributed by atoms with Crippen LogP contribution in [0.25, 0.3) is 0 Å². The summed E-state index contributed by atoms with van der Waals surface area (Å²) in [5, 5.41) is 7.42. The summed E-state index contributed by atoms with van der Waals surface area (Å²) in [4.78, 5) is 12.9. The molecular weight excluding hydrogens is 169 g/mol. The maximum atomic E-state index is 9.00. The number of carbonyl (C=O) groups is 1. The zero-order chi connectivity index (χ0) is 8.69. The molecule has 1 N–H and O–H groups in total. The molecule has 1 aromatic heterocycles. The van der Waals surface area contributed by atoms with Gasteiger partial charge in [-0.15, -0.1) is 0 Å². The van der Waals surface area contributed by atoms with Gasteiger partial charge in [0, 0.05) is 6.92 Å². The van der Waals surface area contributed by atoms with Crippen molar-refractivity contribution in [1.29, 1.82) is 0 Å². The van der Waals surface area contributed by atoms with Gasteiger partial charge < -0.3 is 5.11 Å². The number of hydrogen-bond acceptors (Lipinski definition) is 2. The van der Waals surface area contributed by atoms with Crippen LogP contribution in [0.15, 0.2) is 24.5 Å². The molecule has 0 aliphatic carbocycles. The molecule has 1 aromatic rings. The summed E-state index contributed by atoms with van der Waals surface area (Å²) in [6.07, 6.45) is 3.72. The molecule has 0 fully saturated rings. The van der Waals surface area contributed by atoms with Gasteiger partial charge in [0.1, 0.15) is 0 Å². The van der Waals surface area contributed by atoms with E-state index in [4.69, 9.17) is 9.90 Å². The zero-order valence-electron chi connectivity index (χ0n) is 6.61. The average Bonchev–Trinajstić information content (AvgIpc) is 1.87. The number of hydrogen-bond donors (Lipinski definition) is 1. The number of pyridine rings is 1. The summed E-state index contributed by atoms with van der Waals surface area (Å²) >= 11 is 0.793. The maximum absolute atomic E-state index is 9.00. The van der Waals surface area contributed by atoms with E-state index in [9.17, 15) is 0 Å². The van der Waals surface area contributed by atoms with E-state index in [0.717, 1.165) is 55.9 Å². The van der Waals surface area contributed by atoms with E-state index in [0.29, 0.717) is 0 Å². The summed E-state index contributed by atoms with van der Waals surface area (Å²) in [5.74, 6) is -0.833. The molecule has 0 amide bonds. The first-order valence-corrected chi connectivity index (χ1v) is 4.75. The summed E-state index contributed by atoms with van der Waals surface area (Å²) in [6.45, 7) is 1.08. The summed E-state index contributed by atoms with van der Waals surface area (Å²) in [5.41, 5.74) is 0. The van der Waals surface area contributed by atoms with Crippen LogP contribution in [-0.4, -0.2) is 65.0 Å². The summed E-state index contributed by atoms with van der Waals surface area (Å²) in [7, 11) is 0. The van der Waals surface area contributed by atoms with E-state index in [2.05, 4.69) is 11.1 Å². The molecule has 4 heteroatoms. The van der Waals surface area contributed by atoms with Crippen LogP contribution in [0.3, 0.4) is 0 Å². The molecule has 0 spiro atoms. The Morgan fingerprint density at radius 3 is 2.45 bits per heavy atom. The summed E-state index contributed by atoms with van der Waals surface area (Å²) < 4.78 is 1.40. The Morgan fingerprint density at radius 1 is 1.73 bits per heavy atom. The number of rotatable bonds is 0. The number of carboxylic acids is 1. The minimum atomic E-state index is -0.833. The third kappa shape index (κ3) is 10.3. The standard InChI is InChI=1S/C5H4N.C2H4O2.K/c1-2-4-6-5-3-1;1-2(3)4;/h1-2,4-5H;1H3,(H,3,4);. The molecule has 0 aliphatic rings. The van der Waals surface area contributed by atoms with Gasteiger partial charge in [0.25, 0.3) is 5.97 Å². The first kappa shape index (κ1) is 11.3. The summed E-state index contributed by atoms with van der Waals surface area (Å²) in [6, 6.07) is 4.08. The van der Waals surface area contributed by atoms with Crippen LogP contribution in [0.1, 0.15) is 6.92 Å². The number of nitrogens with zero attached hydrogens (tertiary/aromatic N) is 1. The molecule has 0 saturated carbocycles. The molecule has 1 heterocycles. The van der Waals surface area contributed by atoms with Gasteiger partial charge in [-0.25, -0.2) is 0 Å². The van der Waals surface area contributed by atoms with Crippen LogP contribution in [0.4, 0.5) is 0 Å². The first-order chi connectivity index (χ1) is 5.13. The van der Waals surface area contributed by atoms with Gasteiger partial charge in [-0.05, 0) is 0 Å². The molecule has 54 valence electrons. The van der Waals surface area contributed by atoms with Crippen LogP contribution in [0.5, 0.6) is 0 Å². The van der Waals surface area contributed by atoms with Crippen LogP contribution in [0, 0.1) is 0 Å². The van der Waals surface area contributed by atoms with Crippen LogP contribution in [-0.2, 0) is 4.79 Å². The van der Waals surface area contributed by atoms with E-state index < -0.39 is 5.97 Å². The third-order valence-corrected chi connectivity index (χ3v) is 1.73. The average molecular weight is 177 g/mol. The van der Waals surface area contributed by atoms with E-state index in [1.165, 1.54) is -0.342 Å². The van der Waals surface area contributed by atoms with Crippen molar-refractivity contribution in [3.63, 3.8) is 0 Å². The first-order valence-electron chi connectivity index (χ1n) is 3.19. The van der Waals surface area contributed by atoms with Gasteiger partial charge in [0.05, 0.1) is 0 Å². The molecule has 0 aromatic carbocycles. The fraction of sp³-hybridized carbons (Fsp3) is 0.143. The molecule has 0 unspecified atom stereocenters. The number of carboxylic acid groups (broad SMARTS) is 1. The Kier molecular flexibility index (Phi) is 7.10. The van der Waals surface area contributed by atoms with E-state index in [-0.39, 0.29) is 0 Å². The Morgan fingerprint density at radius 2 is 2.27 bits per heavy atom. The van der Waals surface area contributed by atoms with Gasteiger partial charge >= 0.3 is 78.1 Å². The van der Waals surface area contributed by atoms with Crippen molar-refractivity contribution in [2.24, 2.45) is 0 Å². The second-order valence-corrected chi connectivity index (χ2v) is 3.85. The van der Waals surface area contributed by atoms with Crippen LogP contribution >= 0.6 is 0 Å². The fourth-order valence-corrected chi connectivity index (χ4v) is 0.981. The topological polar surface area (TPSA) is 50.2 Å². The molecule has 1 rings (SSSR count). The fourth-order valence-electron chi connectivity index (χ4n) is 0.448. The second-order valence-electron chi connectivity index (χ2n) is 2.05. The van der Waals surface area contributed by atoms with Crippen molar-refractivity contribution in [1.82, 2.24) is 4.98 Å². The molecule has 0 atom stereocenters. The van der Waals surface area contributed by atoms with Crippen molar-refractivity contribution in [2.45, 2.75) is 6.92 Å². The van der Waals surface area contributed by atoms with Crippen molar-refractivity contribution in [3.05, 3.63) is 24.5 Å². The van der Waals surface area contributed by atoms with Crippen molar-refractivity contribution < 1.29 is 9.90 Å². The zero-order valence-corrected chi connectivity index (χ0v) is 9.74. The Hall–Kier alpha value is 0.256. The Bertz CT molecular complexity index is 209. The molecule has 0 bridgehead atoms. The quantitative estimate of drug-likeness (QED) is 0.566. The monoisotopic (exact) mass is 177 g/mol. The molecule has 0 aliphatic heterocycles. The SMILES string of the molecule is CC(=O)O.[K][c]1cccnc1. The predicted molar refractivity (Wildman–Crippen MR) is 42.9 cm³/mol. The van der Waals surface area contributed by atoms with Gasteiger partial charge in [-0.3, -0.25) is 4.79 Å². The minimum absolute atomic E-state index is 0.793. The molecule has 0 radical (unpaired) electrons. The molecular formula is C7H8KNO2. The van der Waals surface area contributed by atoms with Crippen LogP contribution < -0.4 is -0.342 Å². The normalized spacial score (nSPS) is 7.91. The Labute approximate surface area is 99.4 Å². The molecule has 11 heavy (non-hydrogen) atoms. The van der Waals surface area contributed by atoms with Gasteiger partial charge in [0.15, 0.2) is 0 Å². The Balaban J connectivity index is 0.000000218. The van der Waals surface area contributed by atoms with E-state index in [1.54, 1.807) is 6.20 Å². The van der Waals surface area contributed by atoms with Gasteiger partial charge in [-0.2, -0.15) is 0 Å². The number of aliphatic carboxylic acids is 1. The molecule has 0 saturated heterocycles. The van der Waals surface area contributed by atoms with Crippen molar-refractivity contribution in [3.8, 4) is 0 Å². The van der Waals surface area contributed by atoms with E-state index in [1.807, 2.05) is 12.3 Å². The predicted octanol–water partition coefficient (Wildman–Crippen LogP) is -0.0337. The van der Waals surface area contributed by atoms with Gasteiger partial charge in [0.2, 0.25) is 0 Å². The van der Waals surface area contributed by atoms with Crippen LogP contribution in [0.2, 0.25) is 0 Å². The molecule has 3 nitrogen and oxygen atoms in total. The van der Waals surface area contributed by atoms with Crippen molar-refractivity contribution in [2.75, 3.05) is 0 Å². The van der Waals surface area contributed by atoms with Crippen molar-refractivity contribution >= 4 is 54.6 Å². The van der Waals surface area contributed by atoms with Gasteiger partial charge in [-0.1, -0.05) is 0 Å².